The highest BCUT2D eigenvalue weighted by Crippen LogP contribution is 2.33. The lowest BCUT2D eigenvalue weighted by Gasteiger charge is -2.24. The average molecular weight is 237 g/mol. The molecular weight excluding hydrogens is 214 g/mol. The van der Waals surface area contributed by atoms with Crippen molar-refractivity contribution in [2.24, 2.45) is 5.92 Å². The van der Waals surface area contributed by atoms with Gasteiger partial charge in [0.05, 0.1) is 0 Å². The lowest BCUT2D eigenvalue weighted by Crippen LogP contribution is -2.27. The van der Waals surface area contributed by atoms with E-state index in [0.717, 1.165) is 17.9 Å². The van der Waals surface area contributed by atoms with Gasteiger partial charge in [0.2, 0.25) is 0 Å². The van der Waals surface area contributed by atoms with Crippen molar-refractivity contribution in [3.63, 3.8) is 0 Å². The van der Waals surface area contributed by atoms with E-state index in [1.165, 1.54) is 32.2 Å². The van der Waals surface area contributed by atoms with E-state index in [-0.39, 0.29) is 0 Å². The Bertz CT molecular complexity index is 286. The summed E-state index contributed by atoms with van der Waals surface area (Å²) in [4.78, 5) is 1.57. The minimum absolute atomic E-state index is 0.732. The van der Waals surface area contributed by atoms with E-state index < -0.39 is 0 Å². The number of thiophene rings is 1. The van der Waals surface area contributed by atoms with E-state index in [1.54, 1.807) is 4.88 Å². The number of nitrogens with one attached hydrogen (secondary N) is 1. The van der Waals surface area contributed by atoms with Gasteiger partial charge in [-0.2, -0.15) is 0 Å². The lowest BCUT2D eigenvalue weighted by molar-refractivity contribution is 0.383. The third kappa shape index (κ3) is 3.08. The summed E-state index contributed by atoms with van der Waals surface area (Å²) >= 11 is 1.92. The number of hydrogen-bond donors (Lipinski definition) is 1. The Balaban J connectivity index is 1.98. The largest absolute Gasteiger partial charge is 0.313 e. The molecule has 0 saturated heterocycles. The molecule has 2 heteroatoms. The van der Waals surface area contributed by atoms with Crippen LogP contribution >= 0.6 is 11.3 Å². The normalized spacial score (nSPS) is 17.9. The first-order valence-corrected chi connectivity index (χ1v) is 7.49. The molecule has 2 rings (SSSR count). The predicted octanol–water partition coefficient (Wildman–Crippen LogP) is 4.02. The molecule has 0 spiro atoms. The molecule has 0 aliphatic heterocycles. The summed E-state index contributed by atoms with van der Waals surface area (Å²) in [5, 5.41) is 5.91. The zero-order valence-electron chi connectivity index (χ0n) is 10.4. The van der Waals surface area contributed by atoms with Crippen molar-refractivity contribution >= 4 is 11.3 Å². The van der Waals surface area contributed by atoms with Crippen molar-refractivity contribution in [1.29, 1.82) is 0 Å². The van der Waals surface area contributed by atoms with Gasteiger partial charge >= 0.3 is 0 Å². The molecule has 0 amide bonds. The van der Waals surface area contributed by atoms with Gasteiger partial charge in [0, 0.05) is 23.4 Å². The molecule has 1 aliphatic rings. The Morgan fingerprint density at radius 3 is 2.62 bits per heavy atom. The first-order valence-electron chi connectivity index (χ1n) is 6.61. The molecule has 90 valence electrons. The van der Waals surface area contributed by atoms with Crippen molar-refractivity contribution < 1.29 is 0 Å². The first kappa shape index (κ1) is 12.1. The quantitative estimate of drug-likeness (QED) is 0.755. The third-order valence-electron chi connectivity index (χ3n) is 3.73. The summed E-state index contributed by atoms with van der Waals surface area (Å²) in [6.07, 6.45) is 5.37. The minimum Gasteiger partial charge on any atom is -0.313 e. The summed E-state index contributed by atoms with van der Waals surface area (Å²) in [6.45, 7) is 5.83. The third-order valence-corrected chi connectivity index (χ3v) is 4.73. The smallest absolute Gasteiger partial charge is 0.00916 e. The maximum atomic E-state index is 3.70. The SMILES string of the molecule is CCC(CC)C(CNC1CC1)c1cccs1. The monoisotopic (exact) mass is 237 g/mol. The van der Waals surface area contributed by atoms with Crippen LogP contribution in [-0.4, -0.2) is 12.6 Å². The maximum Gasteiger partial charge on any atom is 0.00916 e. The average Bonchev–Trinajstić information content (AvgIpc) is 2.97. The Hall–Kier alpha value is -0.340. The van der Waals surface area contributed by atoms with Crippen molar-refractivity contribution in [1.82, 2.24) is 5.32 Å². The van der Waals surface area contributed by atoms with E-state index in [4.69, 9.17) is 0 Å². The molecule has 0 radical (unpaired) electrons. The fraction of sp³-hybridized carbons (Fsp3) is 0.714. The maximum absolute atomic E-state index is 3.70. The molecule has 1 aliphatic carbocycles. The molecule has 16 heavy (non-hydrogen) atoms. The van der Waals surface area contributed by atoms with Gasteiger partial charge in [-0.3, -0.25) is 0 Å². The first-order chi connectivity index (χ1) is 7.85. The Labute approximate surface area is 103 Å². The molecule has 1 saturated carbocycles. The zero-order chi connectivity index (χ0) is 11.4. The molecule has 1 aromatic rings. The Kier molecular flexibility index (Phi) is 4.42. The van der Waals surface area contributed by atoms with Crippen LogP contribution in [0.25, 0.3) is 0 Å². The molecule has 0 aromatic carbocycles. The Morgan fingerprint density at radius 1 is 1.38 bits per heavy atom. The molecule has 1 unspecified atom stereocenters. The van der Waals surface area contributed by atoms with Crippen LogP contribution < -0.4 is 5.32 Å². The van der Waals surface area contributed by atoms with E-state index in [2.05, 4.69) is 36.7 Å². The van der Waals surface area contributed by atoms with E-state index >= 15 is 0 Å². The van der Waals surface area contributed by atoms with Crippen molar-refractivity contribution in [3.8, 4) is 0 Å². The van der Waals surface area contributed by atoms with Crippen LogP contribution in [0, 0.1) is 5.92 Å². The minimum atomic E-state index is 0.732. The molecular formula is C14H23NS. The van der Waals surface area contributed by atoms with Crippen LogP contribution in [0.5, 0.6) is 0 Å². The van der Waals surface area contributed by atoms with E-state index in [1.807, 2.05) is 11.3 Å². The number of rotatable bonds is 7. The van der Waals surface area contributed by atoms with E-state index in [0.29, 0.717) is 0 Å². The van der Waals surface area contributed by atoms with Gasteiger partial charge < -0.3 is 5.32 Å². The van der Waals surface area contributed by atoms with Crippen LogP contribution in [-0.2, 0) is 0 Å². The van der Waals surface area contributed by atoms with Gasteiger partial charge in [-0.15, -0.1) is 11.3 Å². The lowest BCUT2D eigenvalue weighted by atomic mass is 9.86. The van der Waals surface area contributed by atoms with Crippen LogP contribution in [0.2, 0.25) is 0 Å². The topological polar surface area (TPSA) is 12.0 Å². The Morgan fingerprint density at radius 2 is 2.12 bits per heavy atom. The molecule has 1 fully saturated rings. The van der Waals surface area contributed by atoms with Gasteiger partial charge in [-0.05, 0) is 30.2 Å². The van der Waals surface area contributed by atoms with Crippen LogP contribution in [0.3, 0.4) is 0 Å². The van der Waals surface area contributed by atoms with Crippen molar-refractivity contribution in [2.45, 2.75) is 51.5 Å². The standard InChI is InChI=1S/C14H23NS/c1-3-11(4-2)13(10-15-12-7-8-12)14-6-5-9-16-14/h5-6,9,11-13,15H,3-4,7-8,10H2,1-2H3. The predicted molar refractivity (Wildman–Crippen MR) is 72.2 cm³/mol. The highest BCUT2D eigenvalue weighted by Gasteiger charge is 2.26. The molecule has 1 atom stereocenters. The molecule has 0 bridgehead atoms. The van der Waals surface area contributed by atoms with E-state index in [9.17, 15) is 0 Å². The van der Waals surface area contributed by atoms with Crippen LogP contribution in [0.4, 0.5) is 0 Å². The summed E-state index contributed by atoms with van der Waals surface area (Å²) in [5.74, 6) is 1.57. The van der Waals surface area contributed by atoms with Gasteiger partial charge in [-0.1, -0.05) is 32.8 Å². The highest BCUT2D eigenvalue weighted by molar-refractivity contribution is 7.10. The number of hydrogen-bond acceptors (Lipinski definition) is 2. The highest BCUT2D eigenvalue weighted by atomic mass is 32.1. The second-order valence-electron chi connectivity index (χ2n) is 4.88. The molecule has 1 nitrogen and oxygen atoms in total. The van der Waals surface area contributed by atoms with Crippen LogP contribution in [0.1, 0.15) is 50.3 Å². The molecule has 1 N–H and O–H groups in total. The molecule has 1 aromatic heterocycles. The summed E-state index contributed by atoms with van der Waals surface area (Å²) < 4.78 is 0. The second kappa shape index (κ2) is 5.83. The fourth-order valence-corrected chi connectivity index (χ4v) is 3.36. The fourth-order valence-electron chi connectivity index (χ4n) is 2.44. The summed E-state index contributed by atoms with van der Waals surface area (Å²) in [6, 6.07) is 5.33. The summed E-state index contributed by atoms with van der Waals surface area (Å²) in [7, 11) is 0. The van der Waals surface area contributed by atoms with Gasteiger partial charge in [-0.25, -0.2) is 0 Å². The molecule has 1 heterocycles. The summed E-state index contributed by atoms with van der Waals surface area (Å²) in [5.41, 5.74) is 0. The van der Waals surface area contributed by atoms with Gasteiger partial charge in [0.15, 0.2) is 0 Å². The van der Waals surface area contributed by atoms with Crippen molar-refractivity contribution in [2.75, 3.05) is 6.54 Å². The van der Waals surface area contributed by atoms with Gasteiger partial charge in [0.25, 0.3) is 0 Å². The second-order valence-corrected chi connectivity index (χ2v) is 5.86. The van der Waals surface area contributed by atoms with Gasteiger partial charge in [0.1, 0.15) is 0 Å². The van der Waals surface area contributed by atoms with Crippen molar-refractivity contribution in [3.05, 3.63) is 22.4 Å². The zero-order valence-corrected chi connectivity index (χ0v) is 11.2. The van der Waals surface area contributed by atoms with Crippen LogP contribution in [0.15, 0.2) is 17.5 Å².